The minimum absolute atomic E-state index is 0.0586. The minimum Gasteiger partial charge on any atom is -0.481 e. The predicted molar refractivity (Wildman–Crippen MR) is 59.4 cm³/mol. The maximum Gasteiger partial charge on any atom is 0.306 e. The van der Waals surface area contributed by atoms with Gasteiger partial charge in [0, 0.05) is 20.1 Å². The van der Waals surface area contributed by atoms with Crippen LogP contribution in [0.3, 0.4) is 0 Å². The monoisotopic (exact) mass is 253 g/mol. The second kappa shape index (κ2) is 5.11. The van der Waals surface area contributed by atoms with Crippen molar-refractivity contribution in [1.82, 2.24) is 25.1 Å². The summed E-state index contributed by atoms with van der Waals surface area (Å²) in [5.41, 5.74) is 0. The number of aryl methyl sites for hydroxylation is 1. The average molecular weight is 253 g/mol. The van der Waals surface area contributed by atoms with E-state index in [9.17, 15) is 9.59 Å². The molecule has 2 rings (SSSR count). The quantitative estimate of drug-likeness (QED) is 0.747. The number of aromatic nitrogens is 4. The minimum atomic E-state index is -0.778. The molecular weight excluding hydrogens is 238 g/mol. The van der Waals surface area contributed by atoms with Gasteiger partial charge in [0.2, 0.25) is 5.91 Å². The summed E-state index contributed by atoms with van der Waals surface area (Å²) in [5.74, 6) is -0.651. The van der Waals surface area contributed by atoms with Gasteiger partial charge in [-0.2, -0.15) is 0 Å². The highest BCUT2D eigenvalue weighted by molar-refractivity contribution is 5.78. The van der Waals surface area contributed by atoms with E-state index >= 15 is 0 Å². The zero-order valence-electron chi connectivity index (χ0n) is 10.1. The zero-order chi connectivity index (χ0) is 13.1. The van der Waals surface area contributed by atoms with Gasteiger partial charge in [0.15, 0.2) is 5.82 Å². The van der Waals surface area contributed by atoms with E-state index in [2.05, 4.69) is 15.5 Å². The Bertz CT molecular complexity index is 450. The lowest BCUT2D eigenvalue weighted by atomic mass is 9.97. The number of carboxylic acids is 1. The highest BCUT2D eigenvalue weighted by Crippen LogP contribution is 2.17. The van der Waals surface area contributed by atoms with Gasteiger partial charge >= 0.3 is 5.97 Å². The number of hydrogen-bond donors (Lipinski definition) is 1. The van der Waals surface area contributed by atoms with E-state index in [-0.39, 0.29) is 18.2 Å². The lowest BCUT2D eigenvalue weighted by Crippen LogP contribution is -2.41. The van der Waals surface area contributed by atoms with E-state index in [1.54, 1.807) is 11.9 Å². The molecule has 0 unspecified atom stereocenters. The third-order valence-electron chi connectivity index (χ3n) is 3.21. The van der Waals surface area contributed by atoms with E-state index in [0.717, 1.165) is 0 Å². The Kier molecular flexibility index (Phi) is 3.54. The van der Waals surface area contributed by atoms with Crippen molar-refractivity contribution in [2.24, 2.45) is 13.0 Å². The van der Waals surface area contributed by atoms with Crippen molar-refractivity contribution in [3.8, 4) is 0 Å². The zero-order valence-corrected chi connectivity index (χ0v) is 10.1. The normalized spacial score (nSPS) is 16.8. The SMILES string of the molecule is Cn1nnnc1CC(=O)N1CCC(C(=O)O)CC1. The molecule has 1 fully saturated rings. The van der Waals surface area contributed by atoms with Crippen LogP contribution < -0.4 is 0 Å². The molecule has 8 heteroatoms. The summed E-state index contributed by atoms with van der Waals surface area (Å²) in [7, 11) is 1.68. The lowest BCUT2D eigenvalue weighted by molar-refractivity contribution is -0.145. The Hall–Kier alpha value is -1.99. The molecule has 0 radical (unpaired) electrons. The van der Waals surface area contributed by atoms with Gasteiger partial charge in [-0.05, 0) is 23.3 Å². The number of aliphatic carboxylic acids is 1. The van der Waals surface area contributed by atoms with Gasteiger partial charge in [-0.3, -0.25) is 9.59 Å². The Morgan fingerprint density at radius 1 is 1.39 bits per heavy atom. The van der Waals surface area contributed by atoms with Crippen molar-refractivity contribution in [1.29, 1.82) is 0 Å². The van der Waals surface area contributed by atoms with Gasteiger partial charge in [0.1, 0.15) is 0 Å². The van der Waals surface area contributed by atoms with Gasteiger partial charge in [-0.25, -0.2) is 4.68 Å². The number of tetrazole rings is 1. The number of hydrogen-bond acceptors (Lipinski definition) is 5. The van der Waals surface area contributed by atoms with Crippen molar-refractivity contribution in [3.63, 3.8) is 0 Å². The molecule has 0 aromatic carbocycles. The Labute approximate surface area is 104 Å². The van der Waals surface area contributed by atoms with E-state index in [4.69, 9.17) is 5.11 Å². The van der Waals surface area contributed by atoms with Crippen LogP contribution in [0.2, 0.25) is 0 Å². The van der Waals surface area contributed by atoms with Gasteiger partial charge in [-0.1, -0.05) is 0 Å². The molecule has 1 amide bonds. The Morgan fingerprint density at radius 3 is 2.56 bits per heavy atom. The molecule has 0 aliphatic carbocycles. The number of carbonyl (C=O) groups excluding carboxylic acids is 1. The number of rotatable bonds is 3. The van der Waals surface area contributed by atoms with Crippen LogP contribution in [0.4, 0.5) is 0 Å². The highest BCUT2D eigenvalue weighted by Gasteiger charge is 2.27. The van der Waals surface area contributed by atoms with E-state index in [1.165, 1.54) is 4.68 Å². The van der Waals surface area contributed by atoms with E-state index in [1.807, 2.05) is 0 Å². The van der Waals surface area contributed by atoms with Crippen LogP contribution >= 0.6 is 0 Å². The number of amides is 1. The molecule has 1 N–H and O–H groups in total. The summed E-state index contributed by atoms with van der Waals surface area (Å²) in [6.45, 7) is 0.974. The highest BCUT2D eigenvalue weighted by atomic mass is 16.4. The molecule has 0 saturated carbocycles. The van der Waals surface area contributed by atoms with Crippen molar-refractivity contribution in [3.05, 3.63) is 5.82 Å². The Balaban J connectivity index is 1.88. The van der Waals surface area contributed by atoms with Crippen LogP contribution in [0.5, 0.6) is 0 Å². The first-order valence-corrected chi connectivity index (χ1v) is 5.79. The molecule has 8 nitrogen and oxygen atoms in total. The fourth-order valence-electron chi connectivity index (χ4n) is 2.02. The first kappa shape index (κ1) is 12.5. The van der Waals surface area contributed by atoms with Gasteiger partial charge in [0.05, 0.1) is 12.3 Å². The second-order valence-electron chi connectivity index (χ2n) is 4.39. The van der Waals surface area contributed by atoms with Crippen LogP contribution in [-0.4, -0.2) is 55.2 Å². The third kappa shape index (κ3) is 2.63. The van der Waals surface area contributed by atoms with Crippen LogP contribution in [0.1, 0.15) is 18.7 Å². The molecule has 1 aliphatic rings. The van der Waals surface area contributed by atoms with Crippen LogP contribution in [-0.2, 0) is 23.1 Å². The first-order valence-electron chi connectivity index (χ1n) is 5.79. The molecule has 1 aliphatic heterocycles. The van der Waals surface area contributed by atoms with Crippen LogP contribution in [0, 0.1) is 5.92 Å². The number of piperidine rings is 1. The summed E-state index contributed by atoms with van der Waals surface area (Å²) in [6, 6.07) is 0. The number of carboxylic acid groups (broad SMARTS) is 1. The molecule has 98 valence electrons. The Morgan fingerprint density at radius 2 is 2.06 bits per heavy atom. The molecule has 0 spiro atoms. The summed E-state index contributed by atoms with van der Waals surface area (Å²) < 4.78 is 1.46. The summed E-state index contributed by atoms with van der Waals surface area (Å²) >= 11 is 0. The number of nitrogens with zero attached hydrogens (tertiary/aromatic N) is 5. The fraction of sp³-hybridized carbons (Fsp3) is 0.700. The molecule has 1 saturated heterocycles. The second-order valence-corrected chi connectivity index (χ2v) is 4.39. The summed E-state index contributed by atoms with van der Waals surface area (Å²) in [5, 5.41) is 19.8. The van der Waals surface area contributed by atoms with Crippen molar-refractivity contribution >= 4 is 11.9 Å². The largest absolute Gasteiger partial charge is 0.481 e. The first-order chi connectivity index (χ1) is 8.58. The van der Waals surface area contributed by atoms with Crippen molar-refractivity contribution < 1.29 is 14.7 Å². The standard InChI is InChI=1S/C10H15N5O3/c1-14-8(11-12-13-14)6-9(16)15-4-2-7(3-5-15)10(17)18/h7H,2-6H2,1H3,(H,17,18). The predicted octanol–water partition coefficient (Wildman–Crippen LogP) is -0.924. The maximum absolute atomic E-state index is 12.0. The molecule has 1 aromatic heterocycles. The number of likely N-dealkylation sites (tertiary alicyclic amines) is 1. The molecule has 2 heterocycles. The van der Waals surface area contributed by atoms with E-state index in [0.29, 0.717) is 31.8 Å². The van der Waals surface area contributed by atoms with E-state index < -0.39 is 5.97 Å². The fourth-order valence-corrected chi connectivity index (χ4v) is 2.02. The van der Waals surface area contributed by atoms with Gasteiger partial charge in [-0.15, -0.1) is 5.10 Å². The van der Waals surface area contributed by atoms with Crippen LogP contribution in [0.25, 0.3) is 0 Å². The molecule has 18 heavy (non-hydrogen) atoms. The lowest BCUT2D eigenvalue weighted by Gasteiger charge is -2.29. The topological polar surface area (TPSA) is 101 Å². The molecular formula is C10H15N5O3. The third-order valence-corrected chi connectivity index (χ3v) is 3.21. The van der Waals surface area contributed by atoms with Gasteiger partial charge in [0.25, 0.3) is 0 Å². The van der Waals surface area contributed by atoms with Gasteiger partial charge < -0.3 is 10.0 Å². The average Bonchev–Trinajstić information content (AvgIpc) is 2.75. The van der Waals surface area contributed by atoms with Crippen LogP contribution in [0.15, 0.2) is 0 Å². The van der Waals surface area contributed by atoms with Crippen molar-refractivity contribution in [2.45, 2.75) is 19.3 Å². The summed E-state index contributed by atoms with van der Waals surface area (Å²) in [6.07, 6.45) is 1.18. The van der Waals surface area contributed by atoms with Crippen molar-refractivity contribution in [2.75, 3.05) is 13.1 Å². The molecule has 1 aromatic rings. The molecule has 0 bridgehead atoms. The number of carbonyl (C=O) groups is 2. The molecule has 0 atom stereocenters. The maximum atomic E-state index is 12.0. The smallest absolute Gasteiger partial charge is 0.306 e. The summed E-state index contributed by atoms with van der Waals surface area (Å²) in [4.78, 5) is 24.4.